The van der Waals surface area contributed by atoms with E-state index in [-0.39, 0.29) is 12.1 Å². The summed E-state index contributed by atoms with van der Waals surface area (Å²) in [6, 6.07) is 0.625. The molecule has 1 aromatic rings. The second kappa shape index (κ2) is 6.32. The summed E-state index contributed by atoms with van der Waals surface area (Å²) in [4.78, 5) is 4.43. The van der Waals surface area contributed by atoms with Crippen molar-refractivity contribution in [2.45, 2.75) is 55.5 Å². The predicted octanol–water partition coefficient (Wildman–Crippen LogP) is 2.09. The Kier molecular flexibility index (Phi) is 5.00. The van der Waals surface area contributed by atoms with Gasteiger partial charge in [0.05, 0.1) is 6.61 Å². The molecule has 1 unspecified atom stereocenters. The number of hydrogen-bond acceptors (Lipinski definition) is 6. The van der Waals surface area contributed by atoms with Crippen LogP contribution in [-0.4, -0.2) is 38.4 Å². The fraction of sp³-hybridized carbons (Fsp3) is 0.833. The molecule has 1 atom stereocenters. The van der Waals surface area contributed by atoms with Crippen molar-refractivity contribution in [2.75, 3.05) is 12.4 Å². The summed E-state index contributed by atoms with van der Waals surface area (Å²) < 4.78 is 5.31. The van der Waals surface area contributed by atoms with Crippen LogP contribution < -0.4 is 5.32 Å². The zero-order chi connectivity index (χ0) is 13.0. The summed E-state index contributed by atoms with van der Waals surface area (Å²) in [7, 11) is 0. The molecule has 0 spiro atoms. The topological polar surface area (TPSA) is 58.0 Å². The molecular weight excluding hydrogens is 266 g/mol. The van der Waals surface area contributed by atoms with E-state index in [9.17, 15) is 5.11 Å². The van der Waals surface area contributed by atoms with Gasteiger partial charge in [-0.05, 0) is 37.7 Å². The van der Waals surface area contributed by atoms with Crippen molar-refractivity contribution in [1.29, 1.82) is 0 Å². The predicted molar refractivity (Wildman–Crippen MR) is 76.3 cm³/mol. The molecule has 4 nitrogen and oxygen atoms in total. The van der Waals surface area contributed by atoms with Crippen molar-refractivity contribution in [3.05, 3.63) is 5.82 Å². The van der Waals surface area contributed by atoms with Crippen molar-refractivity contribution in [2.24, 2.45) is 0 Å². The first-order valence-electron chi connectivity index (χ1n) is 6.49. The van der Waals surface area contributed by atoms with Crippen LogP contribution in [0.5, 0.6) is 0 Å². The molecule has 1 saturated carbocycles. The van der Waals surface area contributed by atoms with E-state index < -0.39 is 0 Å². The first-order valence-corrected chi connectivity index (χ1v) is 8.25. The number of thioether (sulfide) groups is 1. The number of aryl methyl sites for hydroxylation is 1. The third-order valence-corrected chi connectivity index (χ3v) is 5.00. The van der Waals surface area contributed by atoms with Crippen molar-refractivity contribution in [3.63, 3.8) is 0 Å². The van der Waals surface area contributed by atoms with Crippen LogP contribution >= 0.6 is 23.3 Å². The smallest absolute Gasteiger partial charge is 0.170 e. The number of nitrogens with one attached hydrogen (secondary N) is 1. The first kappa shape index (κ1) is 14.2. The lowest BCUT2D eigenvalue weighted by Gasteiger charge is -2.28. The third kappa shape index (κ3) is 4.19. The van der Waals surface area contributed by atoms with Crippen LogP contribution in [0, 0.1) is 0 Å². The molecule has 1 aliphatic carbocycles. The van der Waals surface area contributed by atoms with E-state index in [1.165, 1.54) is 24.4 Å². The summed E-state index contributed by atoms with van der Waals surface area (Å²) in [5, 5.41) is 13.0. The van der Waals surface area contributed by atoms with E-state index >= 15 is 0 Å². The molecule has 0 amide bonds. The maximum Gasteiger partial charge on any atom is 0.170 e. The first-order chi connectivity index (χ1) is 8.65. The fourth-order valence-corrected chi connectivity index (χ4v) is 3.69. The second-order valence-electron chi connectivity index (χ2n) is 5.07. The van der Waals surface area contributed by atoms with Crippen molar-refractivity contribution < 1.29 is 5.11 Å². The summed E-state index contributed by atoms with van der Waals surface area (Å²) in [6.45, 7) is 4.36. The number of aliphatic hydroxyl groups excluding tert-OH is 1. The Labute approximate surface area is 117 Å². The molecule has 0 radical (unpaired) electrons. The molecule has 0 aliphatic heterocycles. The normalized spacial score (nSPS) is 18.8. The highest BCUT2D eigenvalue weighted by molar-refractivity contribution is 8.00. The van der Waals surface area contributed by atoms with Gasteiger partial charge in [0.25, 0.3) is 0 Å². The Balaban J connectivity index is 1.75. The van der Waals surface area contributed by atoms with Gasteiger partial charge in [0.1, 0.15) is 5.82 Å². The van der Waals surface area contributed by atoms with Gasteiger partial charge in [0.2, 0.25) is 0 Å². The molecule has 102 valence electrons. The van der Waals surface area contributed by atoms with Crippen molar-refractivity contribution in [1.82, 2.24) is 14.7 Å². The molecule has 0 bridgehead atoms. The molecule has 1 fully saturated rings. The molecule has 2 rings (SSSR count). The monoisotopic (exact) mass is 287 g/mol. The highest BCUT2D eigenvalue weighted by Gasteiger charge is 2.31. The largest absolute Gasteiger partial charge is 0.394 e. The lowest BCUT2D eigenvalue weighted by atomic mass is 10.0. The van der Waals surface area contributed by atoms with Crippen LogP contribution in [0.4, 0.5) is 0 Å². The Morgan fingerprint density at radius 2 is 2.33 bits per heavy atom. The van der Waals surface area contributed by atoms with Gasteiger partial charge in [0, 0.05) is 23.8 Å². The average Bonchev–Trinajstić information content (AvgIpc) is 3.05. The van der Waals surface area contributed by atoms with Crippen LogP contribution in [0.15, 0.2) is 4.34 Å². The molecule has 18 heavy (non-hydrogen) atoms. The highest BCUT2D eigenvalue weighted by atomic mass is 32.2. The van der Waals surface area contributed by atoms with Crippen LogP contribution in [-0.2, 0) is 6.42 Å². The molecular formula is C12H21N3OS2. The van der Waals surface area contributed by atoms with Crippen LogP contribution in [0.3, 0.4) is 0 Å². The number of nitrogens with zero attached hydrogens (tertiary/aromatic N) is 2. The zero-order valence-corrected chi connectivity index (χ0v) is 12.6. The van der Waals surface area contributed by atoms with Crippen molar-refractivity contribution in [3.8, 4) is 0 Å². The van der Waals surface area contributed by atoms with Gasteiger partial charge in [-0.1, -0.05) is 18.7 Å². The van der Waals surface area contributed by atoms with Gasteiger partial charge >= 0.3 is 0 Å². The maximum atomic E-state index is 9.50. The number of aliphatic hydroxyl groups is 1. The van der Waals surface area contributed by atoms with E-state index in [2.05, 4.69) is 28.5 Å². The minimum absolute atomic E-state index is 0.146. The van der Waals surface area contributed by atoms with Gasteiger partial charge in [-0.15, -0.1) is 0 Å². The quantitative estimate of drug-likeness (QED) is 0.717. The average molecular weight is 287 g/mol. The minimum atomic E-state index is -0.146. The molecule has 1 aromatic heterocycles. The number of rotatable bonds is 8. The summed E-state index contributed by atoms with van der Waals surface area (Å²) in [6.07, 6.45) is 4.35. The molecule has 1 aliphatic rings. The molecule has 6 heteroatoms. The SMILES string of the molecule is CCc1nsc(SCCC(C)(CO)NC2CC2)n1. The molecule has 0 aromatic carbocycles. The zero-order valence-electron chi connectivity index (χ0n) is 11.0. The van der Waals surface area contributed by atoms with Crippen LogP contribution in [0.2, 0.25) is 0 Å². The van der Waals surface area contributed by atoms with Gasteiger partial charge in [-0.3, -0.25) is 0 Å². The van der Waals surface area contributed by atoms with Crippen LogP contribution in [0.1, 0.15) is 38.9 Å². The molecule has 2 N–H and O–H groups in total. The maximum absolute atomic E-state index is 9.50. The standard InChI is InChI=1S/C12H21N3OS2/c1-3-10-13-11(18-15-10)17-7-6-12(2,8-16)14-9-4-5-9/h9,14,16H,3-8H2,1-2H3. The summed E-state index contributed by atoms with van der Waals surface area (Å²) >= 11 is 3.22. The van der Waals surface area contributed by atoms with E-state index in [1.807, 2.05) is 0 Å². The van der Waals surface area contributed by atoms with Crippen LogP contribution in [0.25, 0.3) is 0 Å². The van der Waals surface area contributed by atoms with Gasteiger partial charge in [-0.2, -0.15) is 4.37 Å². The van der Waals surface area contributed by atoms with E-state index in [1.54, 1.807) is 11.8 Å². The highest BCUT2D eigenvalue weighted by Crippen LogP contribution is 2.27. The van der Waals surface area contributed by atoms with Gasteiger partial charge in [-0.25, -0.2) is 4.98 Å². The van der Waals surface area contributed by atoms with E-state index in [0.717, 1.165) is 28.8 Å². The summed E-state index contributed by atoms with van der Waals surface area (Å²) in [5.41, 5.74) is -0.146. The Hall–Kier alpha value is -0.170. The van der Waals surface area contributed by atoms with Crippen molar-refractivity contribution >= 4 is 23.3 Å². The third-order valence-electron chi connectivity index (χ3n) is 3.12. The Bertz CT molecular complexity index is 381. The van der Waals surface area contributed by atoms with E-state index in [4.69, 9.17) is 0 Å². The summed E-state index contributed by atoms with van der Waals surface area (Å²) in [5.74, 6) is 1.90. The van der Waals surface area contributed by atoms with Gasteiger partial charge < -0.3 is 10.4 Å². The molecule has 0 saturated heterocycles. The Morgan fingerprint density at radius 3 is 2.89 bits per heavy atom. The lowest BCUT2D eigenvalue weighted by molar-refractivity contribution is 0.169. The lowest BCUT2D eigenvalue weighted by Crippen LogP contribution is -2.47. The number of aromatic nitrogens is 2. The van der Waals surface area contributed by atoms with E-state index in [0.29, 0.717) is 6.04 Å². The van der Waals surface area contributed by atoms with Gasteiger partial charge in [0.15, 0.2) is 4.34 Å². The molecule has 1 heterocycles. The number of hydrogen-bond donors (Lipinski definition) is 2. The second-order valence-corrected chi connectivity index (χ2v) is 7.16. The minimum Gasteiger partial charge on any atom is -0.394 e. The fourth-order valence-electron chi connectivity index (χ4n) is 1.72. The Morgan fingerprint density at radius 1 is 1.56 bits per heavy atom.